The van der Waals surface area contributed by atoms with E-state index in [2.05, 4.69) is 5.32 Å². The molecule has 1 saturated heterocycles. The van der Waals surface area contributed by atoms with E-state index in [1.165, 1.54) is 6.07 Å². The Kier molecular flexibility index (Phi) is 4.90. The van der Waals surface area contributed by atoms with Crippen LogP contribution in [-0.2, 0) is 9.47 Å². The van der Waals surface area contributed by atoms with Gasteiger partial charge in [0.1, 0.15) is 5.60 Å². The van der Waals surface area contributed by atoms with Gasteiger partial charge in [0.05, 0.1) is 24.1 Å². The van der Waals surface area contributed by atoms with Crippen molar-refractivity contribution < 1.29 is 18.6 Å². The van der Waals surface area contributed by atoms with Crippen LogP contribution in [0.15, 0.2) is 12.1 Å². The third-order valence-corrected chi connectivity index (χ3v) is 3.57. The molecule has 0 bridgehead atoms. The van der Waals surface area contributed by atoms with Crippen LogP contribution in [0.5, 0.6) is 5.75 Å². The fourth-order valence-corrected chi connectivity index (χ4v) is 2.28. The highest BCUT2D eigenvalue weighted by atomic mass is 19.1. The molecule has 118 valence electrons. The van der Waals surface area contributed by atoms with Crippen molar-refractivity contribution in [2.45, 2.75) is 32.0 Å². The lowest BCUT2D eigenvalue weighted by Crippen LogP contribution is -2.39. The fourth-order valence-electron chi connectivity index (χ4n) is 2.28. The molecule has 6 heteroatoms. The van der Waals surface area contributed by atoms with Gasteiger partial charge >= 0.3 is 0 Å². The minimum absolute atomic E-state index is 0.107. The lowest BCUT2D eigenvalue weighted by Gasteiger charge is -2.27. The molecule has 0 amide bonds. The standard InChI is InChI=1S/C15H23FN2O3/c1-10(2)21-14-7-13(12(17)6-11(14)16)18-8-15(19-3)4-5-20-9-15/h6-7,10,18H,4-5,8-9,17H2,1-3H3. The van der Waals surface area contributed by atoms with E-state index in [0.717, 1.165) is 6.42 Å². The molecule has 1 aliphatic rings. The van der Waals surface area contributed by atoms with Crippen LogP contribution in [0, 0.1) is 5.82 Å². The lowest BCUT2D eigenvalue weighted by molar-refractivity contribution is -0.00619. The van der Waals surface area contributed by atoms with Gasteiger partial charge in [-0.25, -0.2) is 4.39 Å². The highest BCUT2D eigenvalue weighted by Crippen LogP contribution is 2.30. The first-order valence-electron chi connectivity index (χ1n) is 7.08. The van der Waals surface area contributed by atoms with Gasteiger partial charge in [0.2, 0.25) is 0 Å². The number of anilines is 2. The molecule has 1 fully saturated rings. The number of rotatable bonds is 6. The first-order chi connectivity index (χ1) is 9.96. The van der Waals surface area contributed by atoms with Crippen LogP contribution >= 0.6 is 0 Å². The summed E-state index contributed by atoms with van der Waals surface area (Å²) >= 11 is 0. The summed E-state index contributed by atoms with van der Waals surface area (Å²) in [5.41, 5.74) is 6.48. The number of methoxy groups -OCH3 is 1. The van der Waals surface area contributed by atoms with Gasteiger partial charge in [-0.2, -0.15) is 0 Å². The molecule has 0 aromatic heterocycles. The van der Waals surface area contributed by atoms with E-state index in [4.69, 9.17) is 19.9 Å². The van der Waals surface area contributed by atoms with Crippen LogP contribution < -0.4 is 15.8 Å². The molecular formula is C15H23FN2O3. The minimum atomic E-state index is -0.461. The predicted octanol–water partition coefficient (Wildman–Crippen LogP) is 2.41. The lowest BCUT2D eigenvalue weighted by atomic mass is 10.0. The monoisotopic (exact) mass is 298 g/mol. The Morgan fingerprint density at radius 3 is 2.81 bits per heavy atom. The fraction of sp³-hybridized carbons (Fsp3) is 0.600. The largest absolute Gasteiger partial charge is 0.488 e. The highest BCUT2D eigenvalue weighted by Gasteiger charge is 2.34. The third kappa shape index (κ3) is 3.77. The number of nitrogens with two attached hydrogens (primary N) is 1. The van der Waals surface area contributed by atoms with Gasteiger partial charge in [0.25, 0.3) is 0 Å². The van der Waals surface area contributed by atoms with Crippen LogP contribution in [0.4, 0.5) is 15.8 Å². The molecule has 0 spiro atoms. The zero-order valence-corrected chi connectivity index (χ0v) is 12.7. The van der Waals surface area contributed by atoms with Gasteiger partial charge in [0.15, 0.2) is 11.6 Å². The Labute approximate surface area is 124 Å². The summed E-state index contributed by atoms with van der Waals surface area (Å²) in [4.78, 5) is 0. The van der Waals surface area contributed by atoms with E-state index in [-0.39, 0.29) is 17.5 Å². The predicted molar refractivity (Wildman–Crippen MR) is 80.2 cm³/mol. The number of benzene rings is 1. The Morgan fingerprint density at radius 1 is 1.48 bits per heavy atom. The molecule has 3 N–H and O–H groups in total. The van der Waals surface area contributed by atoms with Gasteiger partial charge in [-0.1, -0.05) is 0 Å². The molecule has 1 heterocycles. The maximum Gasteiger partial charge on any atom is 0.167 e. The van der Waals surface area contributed by atoms with E-state index in [9.17, 15) is 4.39 Å². The summed E-state index contributed by atoms with van der Waals surface area (Å²) in [6, 6.07) is 2.86. The van der Waals surface area contributed by atoms with Crippen LogP contribution in [0.25, 0.3) is 0 Å². The quantitative estimate of drug-likeness (QED) is 0.790. The molecule has 1 aromatic rings. The Bertz CT molecular complexity index is 488. The zero-order valence-electron chi connectivity index (χ0n) is 12.7. The van der Waals surface area contributed by atoms with Gasteiger partial charge in [-0.15, -0.1) is 0 Å². The first-order valence-corrected chi connectivity index (χ1v) is 7.08. The molecule has 21 heavy (non-hydrogen) atoms. The molecule has 1 unspecified atom stereocenters. The number of hydrogen-bond acceptors (Lipinski definition) is 5. The molecule has 2 rings (SSSR count). The average molecular weight is 298 g/mol. The molecule has 0 aliphatic carbocycles. The molecule has 0 radical (unpaired) electrons. The summed E-state index contributed by atoms with van der Waals surface area (Å²) in [7, 11) is 1.66. The van der Waals surface area contributed by atoms with Gasteiger partial charge in [0, 0.05) is 38.8 Å². The number of halogens is 1. The Morgan fingerprint density at radius 2 is 2.24 bits per heavy atom. The smallest absolute Gasteiger partial charge is 0.167 e. The molecule has 5 nitrogen and oxygen atoms in total. The normalized spacial score (nSPS) is 21.8. The number of ether oxygens (including phenoxy) is 3. The van der Waals surface area contributed by atoms with Crippen molar-refractivity contribution in [2.24, 2.45) is 0 Å². The summed E-state index contributed by atoms with van der Waals surface area (Å²) in [6.07, 6.45) is 0.706. The second kappa shape index (κ2) is 6.49. The minimum Gasteiger partial charge on any atom is -0.488 e. The van der Waals surface area contributed by atoms with Crippen molar-refractivity contribution in [3.8, 4) is 5.75 Å². The van der Waals surface area contributed by atoms with Crippen molar-refractivity contribution in [2.75, 3.05) is 37.9 Å². The molecular weight excluding hydrogens is 275 g/mol. The third-order valence-electron chi connectivity index (χ3n) is 3.57. The van der Waals surface area contributed by atoms with Crippen molar-refractivity contribution in [1.82, 2.24) is 0 Å². The van der Waals surface area contributed by atoms with Crippen molar-refractivity contribution >= 4 is 11.4 Å². The van der Waals surface area contributed by atoms with Gasteiger partial charge < -0.3 is 25.3 Å². The summed E-state index contributed by atoms with van der Waals surface area (Å²) < 4.78 is 30.2. The van der Waals surface area contributed by atoms with E-state index in [1.54, 1.807) is 13.2 Å². The SMILES string of the molecule is COC1(CNc2cc(OC(C)C)c(F)cc2N)CCOC1. The van der Waals surface area contributed by atoms with E-state index >= 15 is 0 Å². The van der Waals surface area contributed by atoms with Crippen molar-refractivity contribution in [3.63, 3.8) is 0 Å². The molecule has 0 saturated carbocycles. The first kappa shape index (κ1) is 15.9. The van der Waals surface area contributed by atoms with E-state index in [0.29, 0.717) is 31.1 Å². The maximum absolute atomic E-state index is 13.8. The van der Waals surface area contributed by atoms with Crippen LogP contribution in [-0.4, -0.2) is 38.6 Å². The molecule has 1 aromatic carbocycles. The zero-order chi connectivity index (χ0) is 15.5. The van der Waals surface area contributed by atoms with Crippen LogP contribution in [0.3, 0.4) is 0 Å². The number of hydrogen-bond donors (Lipinski definition) is 2. The Hall–Kier alpha value is -1.53. The summed E-state index contributed by atoms with van der Waals surface area (Å²) in [5.74, 6) is -0.270. The Balaban J connectivity index is 2.12. The van der Waals surface area contributed by atoms with Crippen LogP contribution in [0.1, 0.15) is 20.3 Å². The van der Waals surface area contributed by atoms with Crippen LogP contribution in [0.2, 0.25) is 0 Å². The summed E-state index contributed by atoms with van der Waals surface area (Å²) in [5, 5.41) is 3.21. The average Bonchev–Trinajstić information content (AvgIpc) is 2.89. The topological polar surface area (TPSA) is 65.7 Å². The number of nitrogens with one attached hydrogen (secondary N) is 1. The van der Waals surface area contributed by atoms with Gasteiger partial charge in [-0.05, 0) is 13.8 Å². The molecule has 1 atom stereocenters. The van der Waals surface area contributed by atoms with E-state index < -0.39 is 5.82 Å². The second-order valence-corrected chi connectivity index (χ2v) is 5.58. The second-order valence-electron chi connectivity index (χ2n) is 5.58. The number of nitrogen functional groups attached to an aromatic ring is 1. The highest BCUT2D eigenvalue weighted by molar-refractivity contribution is 5.68. The van der Waals surface area contributed by atoms with Crippen molar-refractivity contribution in [3.05, 3.63) is 17.9 Å². The summed E-state index contributed by atoms with van der Waals surface area (Å²) in [6.45, 7) is 5.45. The van der Waals surface area contributed by atoms with Crippen molar-refractivity contribution in [1.29, 1.82) is 0 Å². The maximum atomic E-state index is 13.8. The molecule has 1 aliphatic heterocycles. The van der Waals surface area contributed by atoms with Gasteiger partial charge in [-0.3, -0.25) is 0 Å². The van der Waals surface area contributed by atoms with E-state index in [1.807, 2.05) is 13.8 Å².